The molecule has 1 fully saturated rings. The molecule has 1 N–H and O–H groups in total. The van der Waals surface area contributed by atoms with Crippen molar-refractivity contribution in [2.45, 2.75) is 57.7 Å². The summed E-state index contributed by atoms with van der Waals surface area (Å²) in [6.45, 7) is 5.80. The van der Waals surface area contributed by atoms with Gasteiger partial charge in [0.05, 0.1) is 0 Å². The predicted molar refractivity (Wildman–Crippen MR) is 100 cm³/mol. The summed E-state index contributed by atoms with van der Waals surface area (Å²) >= 11 is 2.04. The van der Waals surface area contributed by atoms with E-state index in [1.54, 1.807) is 6.92 Å². The quantitative estimate of drug-likeness (QED) is 0.301. The number of amides is 1. The second-order valence-electron chi connectivity index (χ2n) is 6.55. The van der Waals surface area contributed by atoms with Crippen molar-refractivity contribution in [2.24, 2.45) is 5.92 Å². The van der Waals surface area contributed by atoms with Crippen molar-refractivity contribution in [3.8, 4) is 5.75 Å². The molecule has 1 aromatic rings. The molecule has 0 radical (unpaired) electrons. The van der Waals surface area contributed by atoms with Gasteiger partial charge in [-0.1, -0.05) is 33.1 Å². The third-order valence-corrected chi connectivity index (χ3v) is 6.07. The Kier molecular flexibility index (Phi) is 10.3. The maximum Gasteiger partial charge on any atom is 0.298 e. The van der Waals surface area contributed by atoms with Crippen molar-refractivity contribution in [3.05, 3.63) is 29.3 Å². The molecule has 0 aromatic heterocycles. The lowest BCUT2D eigenvalue weighted by atomic mass is 9.96. The van der Waals surface area contributed by atoms with Crippen LogP contribution >= 0.6 is 11.8 Å². The molecule has 158 valence electrons. The van der Waals surface area contributed by atoms with Crippen LogP contribution in [0.1, 0.15) is 46.5 Å². The Hall–Kier alpha value is -1.77. The third-order valence-electron chi connectivity index (χ3n) is 4.43. The standard InChI is InChI=1S/C12H23NOS.C7H2F4O2/c1-4-5-6-7-12-9(2)11(8-15-12)13-10(3)14;8-3-1-4(9)6(11)7(5(3)10)13-2-12/h9,11-12H,4-8H2,1-3H3,(H,13,14);1-2H. The fourth-order valence-corrected chi connectivity index (χ4v) is 4.54. The van der Waals surface area contributed by atoms with Crippen LogP contribution in [-0.2, 0) is 9.59 Å². The molecule has 0 bridgehead atoms. The minimum atomic E-state index is -1.74. The summed E-state index contributed by atoms with van der Waals surface area (Å²) in [6.07, 6.45) is 5.29. The summed E-state index contributed by atoms with van der Waals surface area (Å²) in [5.41, 5.74) is 0. The third kappa shape index (κ3) is 7.00. The van der Waals surface area contributed by atoms with E-state index < -0.39 is 29.0 Å². The van der Waals surface area contributed by atoms with Crippen molar-refractivity contribution in [2.75, 3.05) is 5.75 Å². The topological polar surface area (TPSA) is 55.4 Å². The van der Waals surface area contributed by atoms with E-state index in [1.165, 1.54) is 25.7 Å². The van der Waals surface area contributed by atoms with E-state index in [-0.39, 0.29) is 18.4 Å². The van der Waals surface area contributed by atoms with Gasteiger partial charge < -0.3 is 10.1 Å². The first-order chi connectivity index (χ1) is 13.2. The zero-order chi connectivity index (χ0) is 21.3. The molecule has 4 nitrogen and oxygen atoms in total. The molecular weight excluding hydrogens is 398 g/mol. The van der Waals surface area contributed by atoms with Gasteiger partial charge in [0, 0.05) is 30.0 Å². The predicted octanol–water partition coefficient (Wildman–Crippen LogP) is 4.60. The van der Waals surface area contributed by atoms with Crippen LogP contribution in [0.15, 0.2) is 6.07 Å². The van der Waals surface area contributed by atoms with E-state index in [1.807, 2.05) is 11.8 Å². The van der Waals surface area contributed by atoms with E-state index in [0.29, 0.717) is 12.0 Å². The van der Waals surface area contributed by atoms with Crippen LogP contribution < -0.4 is 10.1 Å². The van der Waals surface area contributed by atoms with Gasteiger partial charge in [0.15, 0.2) is 11.6 Å². The first-order valence-electron chi connectivity index (χ1n) is 9.04. The summed E-state index contributed by atoms with van der Waals surface area (Å²) in [7, 11) is 0. The lowest BCUT2D eigenvalue weighted by Gasteiger charge is -2.19. The van der Waals surface area contributed by atoms with Crippen molar-refractivity contribution in [1.82, 2.24) is 5.32 Å². The molecule has 1 amide bonds. The van der Waals surface area contributed by atoms with E-state index in [4.69, 9.17) is 0 Å². The summed E-state index contributed by atoms with van der Waals surface area (Å²) in [5.74, 6) is -6.29. The van der Waals surface area contributed by atoms with E-state index in [0.717, 1.165) is 11.0 Å². The Morgan fingerprint density at radius 2 is 1.86 bits per heavy atom. The number of nitrogens with one attached hydrogen (secondary N) is 1. The van der Waals surface area contributed by atoms with E-state index in [9.17, 15) is 27.2 Å². The molecule has 28 heavy (non-hydrogen) atoms. The highest BCUT2D eigenvalue weighted by atomic mass is 32.2. The normalized spacial score (nSPS) is 20.9. The van der Waals surface area contributed by atoms with Crippen LogP contribution in [0, 0.1) is 29.2 Å². The zero-order valence-corrected chi connectivity index (χ0v) is 16.9. The van der Waals surface area contributed by atoms with Crippen molar-refractivity contribution in [3.63, 3.8) is 0 Å². The van der Waals surface area contributed by atoms with E-state index >= 15 is 0 Å². The number of carbonyl (C=O) groups excluding carboxylic acids is 2. The largest absolute Gasteiger partial charge is 0.422 e. The molecule has 2 rings (SSSR count). The van der Waals surface area contributed by atoms with Crippen molar-refractivity contribution < 1.29 is 31.9 Å². The molecule has 3 unspecified atom stereocenters. The molecule has 0 aliphatic carbocycles. The number of hydrogen-bond acceptors (Lipinski definition) is 4. The van der Waals surface area contributed by atoms with Gasteiger partial charge in [-0.05, 0) is 12.3 Å². The van der Waals surface area contributed by atoms with Gasteiger partial charge >= 0.3 is 0 Å². The van der Waals surface area contributed by atoms with Crippen molar-refractivity contribution >= 4 is 24.1 Å². The highest BCUT2D eigenvalue weighted by molar-refractivity contribution is 8.00. The minimum Gasteiger partial charge on any atom is -0.422 e. The fraction of sp³-hybridized carbons (Fsp3) is 0.579. The van der Waals surface area contributed by atoms with Crippen LogP contribution in [0.3, 0.4) is 0 Å². The molecule has 1 heterocycles. The monoisotopic (exact) mass is 423 g/mol. The van der Waals surface area contributed by atoms with E-state index in [2.05, 4.69) is 23.9 Å². The number of unbranched alkanes of at least 4 members (excludes halogenated alkanes) is 2. The average molecular weight is 423 g/mol. The maximum atomic E-state index is 12.6. The van der Waals surface area contributed by atoms with Gasteiger partial charge in [0.1, 0.15) is 0 Å². The number of hydrogen-bond donors (Lipinski definition) is 1. The second kappa shape index (κ2) is 11.9. The number of benzene rings is 1. The Labute approximate surface area is 166 Å². The summed E-state index contributed by atoms with van der Waals surface area (Å²) < 4.78 is 53.6. The van der Waals surface area contributed by atoms with Crippen LogP contribution in [0.2, 0.25) is 0 Å². The van der Waals surface area contributed by atoms with Crippen LogP contribution in [0.25, 0.3) is 0 Å². The molecule has 0 saturated carbocycles. The molecule has 3 atom stereocenters. The van der Waals surface area contributed by atoms with Crippen LogP contribution in [-0.4, -0.2) is 29.4 Å². The molecule has 1 aliphatic heterocycles. The van der Waals surface area contributed by atoms with Gasteiger partial charge in [-0.25, -0.2) is 8.78 Å². The average Bonchev–Trinajstić information content (AvgIpc) is 2.97. The molecular formula is C19H25F4NO3S. The first-order valence-corrected chi connectivity index (χ1v) is 10.1. The van der Waals surface area contributed by atoms with Gasteiger partial charge in [0.25, 0.3) is 6.47 Å². The van der Waals surface area contributed by atoms with Gasteiger partial charge in [0.2, 0.25) is 23.3 Å². The Balaban J connectivity index is 0.000000283. The van der Waals surface area contributed by atoms with Gasteiger partial charge in [-0.15, -0.1) is 0 Å². The number of thioether (sulfide) groups is 1. The number of halogens is 4. The summed E-state index contributed by atoms with van der Waals surface area (Å²) in [5, 5.41) is 3.81. The van der Waals surface area contributed by atoms with Crippen LogP contribution in [0.4, 0.5) is 17.6 Å². The summed E-state index contributed by atoms with van der Waals surface area (Å²) in [6, 6.07) is 0.418. The molecule has 1 saturated heterocycles. The summed E-state index contributed by atoms with van der Waals surface area (Å²) in [4.78, 5) is 20.7. The molecule has 9 heteroatoms. The SMILES string of the molecule is CCCCCC1SCC(NC(C)=O)C1C.O=COc1c(F)c(F)cc(F)c1F. The maximum absolute atomic E-state index is 12.6. The van der Waals surface area contributed by atoms with Crippen molar-refractivity contribution in [1.29, 1.82) is 0 Å². The highest BCUT2D eigenvalue weighted by Gasteiger charge is 2.33. The number of carbonyl (C=O) groups is 2. The van der Waals surface area contributed by atoms with Gasteiger partial charge in [-0.2, -0.15) is 20.5 Å². The van der Waals surface area contributed by atoms with Gasteiger partial charge in [-0.3, -0.25) is 9.59 Å². The highest BCUT2D eigenvalue weighted by Crippen LogP contribution is 2.35. The van der Waals surface area contributed by atoms with Crippen LogP contribution in [0.5, 0.6) is 5.75 Å². The number of ether oxygens (including phenoxy) is 1. The second-order valence-corrected chi connectivity index (χ2v) is 7.82. The Bertz CT molecular complexity index is 649. The molecule has 1 aliphatic rings. The smallest absolute Gasteiger partial charge is 0.298 e. The molecule has 1 aromatic carbocycles. The fourth-order valence-electron chi connectivity index (χ4n) is 2.87. The lowest BCUT2D eigenvalue weighted by Crippen LogP contribution is -2.38. The number of rotatable bonds is 7. The lowest BCUT2D eigenvalue weighted by molar-refractivity contribution is -0.121. The molecule has 0 spiro atoms. The Morgan fingerprint density at radius 1 is 1.25 bits per heavy atom. The zero-order valence-electron chi connectivity index (χ0n) is 16.1. The Morgan fingerprint density at radius 3 is 2.36 bits per heavy atom. The minimum absolute atomic E-state index is 0.0162. The first kappa shape index (κ1) is 24.3.